The van der Waals surface area contributed by atoms with Gasteiger partial charge in [-0.05, 0) is 23.8 Å². The third kappa shape index (κ3) is 4.49. The first-order chi connectivity index (χ1) is 14.7. The topological polar surface area (TPSA) is 92.5 Å². The maximum atomic E-state index is 13.1. The number of nitro groups is 1. The van der Waals surface area contributed by atoms with Gasteiger partial charge in [0.05, 0.1) is 15.9 Å². The Morgan fingerprint density at radius 2 is 1.81 bits per heavy atom. The molecule has 0 radical (unpaired) electrons. The van der Waals surface area contributed by atoms with E-state index in [2.05, 4.69) is 14.9 Å². The Hall–Kier alpha value is -3.12. The van der Waals surface area contributed by atoms with Gasteiger partial charge in [-0.15, -0.1) is 0 Å². The molecular weight excluding hydrogens is 435 g/mol. The maximum Gasteiger partial charge on any atom is 0.416 e. The van der Waals surface area contributed by atoms with Crippen LogP contribution in [0.5, 0.6) is 0 Å². The van der Waals surface area contributed by atoms with Crippen LogP contribution in [0.4, 0.5) is 24.0 Å². The number of halogens is 3. The number of fused-ring (bicyclic) bond motifs is 1. The third-order valence-electron chi connectivity index (χ3n) is 5.01. The van der Waals surface area contributed by atoms with Crippen molar-refractivity contribution in [3.05, 3.63) is 68.3 Å². The summed E-state index contributed by atoms with van der Waals surface area (Å²) in [6.45, 7) is 3.17. The minimum Gasteiger partial charge on any atom is -0.345 e. The van der Waals surface area contributed by atoms with Crippen LogP contribution in [0.2, 0.25) is 0 Å². The Labute approximate surface area is 177 Å². The summed E-state index contributed by atoms with van der Waals surface area (Å²) in [7, 11) is 0. The van der Waals surface area contributed by atoms with E-state index in [0.717, 1.165) is 23.4 Å². The summed E-state index contributed by atoms with van der Waals surface area (Å²) < 4.78 is 39.2. The zero-order valence-corrected chi connectivity index (χ0v) is 16.8. The van der Waals surface area contributed by atoms with Crippen LogP contribution >= 0.6 is 11.3 Å². The van der Waals surface area contributed by atoms with E-state index in [1.165, 1.54) is 0 Å². The molecule has 8 nitrogen and oxygen atoms in total. The summed E-state index contributed by atoms with van der Waals surface area (Å²) in [5.41, 5.74) is -1.77. The molecule has 3 aromatic rings. The molecule has 0 N–H and O–H groups in total. The molecule has 31 heavy (non-hydrogen) atoms. The van der Waals surface area contributed by atoms with Crippen LogP contribution in [0.3, 0.4) is 0 Å². The highest BCUT2D eigenvalue weighted by molar-refractivity contribution is 7.22. The van der Waals surface area contributed by atoms with Crippen LogP contribution < -0.4 is 10.5 Å². The summed E-state index contributed by atoms with van der Waals surface area (Å²) in [5.74, 6) is 0. The van der Waals surface area contributed by atoms with Gasteiger partial charge >= 0.3 is 6.18 Å². The molecular formula is C19H16F3N5O3S. The number of hydrogen-bond donors (Lipinski definition) is 0. The second-order valence-corrected chi connectivity index (χ2v) is 8.02. The molecule has 0 bridgehead atoms. The number of non-ortho nitro benzene ring substituents is 1. The number of nitrogens with zero attached hydrogens (tertiary/aromatic N) is 5. The summed E-state index contributed by atoms with van der Waals surface area (Å²) in [4.78, 5) is 34.9. The minimum atomic E-state index is -4.81. The average Bonchev–Trinajstić information content (AvgIpc) is 2.73. The van der Waals surface area contributed by atoms with Gasteiger partial charge in [0.1, 0.15) is 4.70 Å². The van der Waals surface area contributed by atoms with Crippen molar-refractivity contribution < 1.29 is 18.1 Å². The quantitative estimate of drug-likeness (QED) is 0.444. The van der Waals surface area contributed by atoms with E-state index in [4.69, 9.17) is 0 Å². The summed E-state index contributed by atoms with van der Waals surface area (Å²) in [6.07, 6.45) is -1.36. The molecule has 4 rings (SSSR count). The lowest BCUT2D eigenvalue weighted by molar-refractivity contribution is -0.383. The first-order valence-corrected chi connectivity index (χ1v) is 10.1. The van der Waals surface area contributed by atoms with Crippen molar-refractivity contribution in [3.8, 4) is 0 Å². The van der Waals surface area contributed by atoms with Gasteiger partial charge in [0.25, 0.3) is 11.2 Å². The van der Waals surface area contributed by atoms with E-state index in [-0.39, 0.29) is 9.83 Å². The van der Waals surface area contributed by atoms with Crippen LogP contribution in [0.15, 0.2) is 41.5 Å². The van der Waals surface area contributed by atoms with Crippen LogP contribution in [0, 0.1) is 10.1 Å². The number of pyridine rings is 1. The molecule has 2 aromatic heterocycles. The monoisotopic (exact) mass is 451 g/mol. The smallest absolute Gasteiger partial charge is 0.345 e. The van der Waals surface area contributed by atoms with Crippen LogP contribution in [0.1, 0.15) is 11.1 Å². The number of alkyl halides is 3. The number of rotatable bonds is 4. The van der Waals surface area contributed by atoms with Crippen molar-refractivity contribution >= 4 is 32.2 Å². The number of anilines is 1. The standard InChI is InChI=1S/C19H16F3N5O3S/c20-19(21,22)13-9-14-16(15(10-13)27(29)30)31-18(24-17(14)28)26-7-5-25(6-8-26)11-12-1-3-23-4-2-12/h1-4,9-10H,5-8,11H2. The first-order valence-electron chi connectivity index (χ1n) is 9.29. The fourth-order valence-electron chi connectivity index (χ4n) is 3.42. The van der Waals surface area contributed by atoms with Gasteiger partial charge in [0.2, 0.25) is 0 Å². The molecule has 1 fully saturated rings. The van der Waals surface area contributed by atoms with E-state index in [9.17, 15) is 28.1 Å². The largest absolute Gasteiger partial charge is 0.416 e. The molecule has 12 heteroatoms. The Balaban J connectivity index is 1.61. The predicted octanol–water partition coefficient (Wildman–Crippen LogP) is 3.30. The second-order valence-electron chi connectivity index (χ2n) is 7.05. The summed E-state index contributed by atoms with van der Waals surface area (Å²) >= 11 is 0.866. The van der Waals surface area contributed by atoms with Crippen molar-refractivity contribution in [2.24, 2.45) is 0 Å². The summed E-state index contributed by atoms with van der Waals surface area (Å²) in [6, 6.07) is 4.95. The first kappa shape index (κ1) is 21.1. The Bertz CT molecular complexity index is 1180. The van der Waals surface area contributed by atoms with Gasteiger partial charge in [0, 0.05) is 51.2 Å². The molecule has 0 spiro atoms. The van der Waals surface area contributed by atoms with Crippen molar-refractivity contribution in [2.45, 2.75) is 12.7 Å². The highest BCUT2D eigenvalue weighted by atomic mass is 32.1. The van der Waals surface area contributed by atoms with E-state index in [1.54, 1.807) is 12.4 Å². The van der Waals surface area contributed by atoms with Gasteiger partial charge in [-0.3, -0.25) is 24.8 Å². The molecule has 0 unspecified atom stereocenters. The molecule has 0 amide bonds. The number of nitro benzene ring substituents is 1. The normalized spacial score (nSPS) is 15.4. The lowest BCUT2D eigenvalue weighted by Gasteiger charge is -2.34. The molecule has 1 aliphatic rings. The Morgan fingerprint density at radius 3 is 2.42 bits per heavy atom. The van der Waals surface area contributed by atoms with Crippen LogP contribution in [-0.2, 0) is 12.7 Å². The zero-order valence-electron chi connectivity index (χ0n) is 16.0. The van der Waals surface area contributed by atoms with Crippen molar-refractivity contribution in [1.82, 2.24) is 14.9 Å². The average molecular weight is 451 g/mol. The Morgan fingerprint density at radius 1 is 1.13 bits per heavy atom. The van der Waals surface area contributed by atoms with Gasteiger partial charge in [0.15, 0.2) is 5.13 Å². The lowest BCUT2D eigenvalue weighted by atomic mass is 10.1. The predicted molar refractivity (Wildman–Crippen MR) is 109 cm³/mol. The second kappa shape index (κ2) is 8.19. The zero-order chi connectivity index (χ0) is 22.2. The molecule has 0 aliphatic carbocycles. The molecule has 162 valence electrons. The molecule has 0 atom stereocenters. The van der Waals surface area contributed by atoms with Crippen LogP contribution in [-0.4, -0.2) is 46.0 Å². The third-order valence-corrected chi connectivity index (χ3v) is 6.18. The van der Waals surface area contributed by atoms with E-state index in [1.807, 2.05) is 17.0 Å². The van der Waals surface area contributed by atoms with Crippen molar-refractivity contribution in [3.63, 3.8) is 0 Å². The Kier molecular flexibility index (Phi) is 5.58. The molecule has 1 saturated heterocycles. The SMILES string of the molecule is O=c1nc(N2CCN(Cc3ccncc3)CC2)sc2c([N+](=O)[O-])cc(C(F)(F)F)cc12. The van der Waals surface area contributed by atoms with E-state index >= 15 is 0 Å². The lowest BCUT2D eigenvalue weighted by Crippen LogP contribution is -2.46. The fourth-order valence-corrected chi connectivity index (χ4v) is 4.54. The van der Waals surface area contributed by atoms with E-state index in [0.29, 0.717) is 38.3 Å². The summed E-state index contributed by atoms with van der Waals surface area (Å²) in [5, 5.41) is 11.3. The number of aromatic nitrogens is 2. The number of piperazine rings is 1. The number of hydrogen-bond acceptors (Lipinski definition) is 8. The molecule has 3 heterocycles. The van der Waals surface area contributed by atoms with Gasteiger partial charge in [-0.25, -0.2) is 0 Å². The van der Waals surface area contributed by atoms with Crippen molar-refractivity contribution in [2.75, 3.05) is 31.1 Å². The highest BCUT2D eigenvalue weighted by Gasteiger charge is 2.34. The number of benzene rings is 1. The van der Waals surface area contributed by atoms with Gasteiger partial charge in [-0.1, -0.05) is 11.3 Å². The van der Waals surface area contributed by atoms with Gasteiger partial charge < -0.3 is 4.90 Å². The van der Waals surface area contributed by atoms with Crippen molar-refractivity contribution in [1.29, 1.82) is 0 Å². The molecule has 0 saturated carbocycles. The van der Waals surface area contributed by atoms with E-state index < -0.39 is 33.3 Å². The minimum absolute atomic E-state index is 0.104. The maximum absolute atomic E-state index is 13.1. The fraction of sp³-hybridized carbons (Fsp3) is 0.316. The highest BCUT2D eigenvalue weighted by Crippen LogP contribution is 2.38. The molecule has 1 aromatic carbocycles. The van der Waals surface area contributed by atoms with Crippen LogP contribution in [0.25, 0.3) is 10.1 Å². The molecule has 1 aliphatic heterocycles. The van der Waals surface area contributed by atoms with Gasteiger partial charge in [-0.2, -0.15) is 18.2 Å².